The number of ether oxygens (including phenoxy) is 2. The zero-order valence-corrected chi connectivity index (χ0v) is 24.2. The molecule has 0 spiro atoms. The van der Waals surface area contributed by atoms with Crippen molar-refractivity contribution < 1.29 is 27.5 Å². The Morgan fingerprint density at radius 3 is 2.18 bits per heavy atom. The largest absolute Gasteiger partial charge is 0.493 e. The van der Waals surface area contributed by atoms with Gasteiger partial charge < -0.3 is 19.7 Å². The van der Waals surface area contributed by atoms with Gasteiger partial charge in [-0.25, -0.2) is 8.42 Å². The number of hydrogen-bond donors (Lipinski definition) is 1. The van der Waals surface area contributed by atoms with Crippen LogP contribution in [0.3, 0.4) is 0 Å². The van der Waals surface area contributed by atoms with Gasteiger partial charge in [0.05, 0.1) is 24.8 Å². The van der Waals surface area contributed by atoms with Gasteiger partial charge in [-0.2, -0.15) is 0 Å². The Labute approximate surface area is 238 Å². The predicted molar refractivity (Wildman–Crippen MR) is 151 cm³/mol. The molecular formula is C27H29Cl2N3O6S. The summed E-state index contributed by atoms with van der Waals surface area (Å²) in [6, 6.07) is 16.2. The molecule has 0 unspecified atom stereocenters. The van der Waals surface area contributed by atoms with E-state index in [2.05, 4.69) is 5.32 Å². The topological polar surface area (TPSA) is 105 Å². The first kappa shape index (κ1) is 30.1. The fourth-order valence-electron chi connectivity index (χ4n) is 3.84. The van der Waals surface area contributed by atoms with Gasteiger partial charge in [0.15, 0.2) is 11.5 Å². The number of halogens is 2. The Morgan fingerprint density at radius 1 is 0.949 bits per heavy atom. The minimum absolute atomic E-state index is 0.0159. The number of methoxy groups -OCH3 is 2. The number of amides is 2. The fraction of sp³-hybridized carbons (Fsp3) is 0.259. The number of likely N-dealkylation sites (N-methyl/N-ethyl adjacent to an activating group) is 1. The van der Waals surface area contributed by atoms with Gasteiger partial charge in [0.2, 0.25) is 11.8 Å². The number of hydrogen-bond acceptors (Lipinski definition) is 6. The van der Waals surface area contributed by atoms with E-state index >= 15 is 0 Å². The first-order valence-electron chi connectivity index (χ1n) is 11.8. The summed E-state index contributed by atoms with van der Waals surface area (Å²) in [7, 11) is -0.0214. The van der Waals surface area contributed by atoms with Crippen molar-refractivity contribution in [2.24, 2.45) is 0 Å². The summed E-state index contributed by atoms with van der Waals surface area (Å²) >= 11 is 12.4. The summed E-state index contributed by atoms with van der Waals surface area (Å²) in [5, 5.41) is 3.33. The Balaban J connectivity index is 2.08. The predicted octanol–water partition coefficient (Wildman–Crippen LogP) is 4.37. The van der Waals surface area contributed by atoms with Crippen molar-refractivity contribution in [2.75, 3.05) is 32.1 Å². The lowest BCUT2D eigenvalue weighted by Gasteiger charge is -2.32. The lowest BCUT2D eigenvalue weighted by molar-refractivity contribution is -0.139. The highest BCUT2D eigenvalue weighted by Crippen LogP contribution is 2.33. The van der Waals surface area contributed by atoms with Crippen LogP contribution >= 0.6 is 23.2 Å². The first-order valence-corrected chi connectivity index (χ1v) is 14.0. The third kappa shape index (κ3) is 6.95. The van der Waals surface area contributed by atoms with Gasteiger partial charge in [0.1, 0.15) is 12.6 Å². The van der Waals surface area contributed by atoms with Crippen LogP contribution in [-0.4, -0.2) is 59.0 Å². The van der Waals surface area contributed by atoms with Crippen LogP contribution in [0.25, 0.3) is 0 Å². The molecule has 39 heavy (non-hydrogen) atoms. The molecule has 0 saturated heterocycles. The SMILES string of the molecule is CNC(=O)[C@@H](C)N(Cc1ccccc1Cl)C(=O)CN(c1ccc(Cl)cc1)S(=O)(=O)c1ccc(OC)c(OC)c1. The molecule has 0 saturated carbocycles. The van der Waals surface area contributed by atoms with Gasteiger partial charge in [-0.05, 0) is 55.0 Å². The molecule has 3 aromatic rings. The summed E-state index contributed by atoms with van der Waals surface area (Å²) in [5.74, 6) is -0.494. The summed E-state index contributed by atoms with van der Waals surface area (Å²) in [6.07, 6.45) is 0. The van der Waals surface area contributed by atoms with E-state index in [9.17, 15) is 18.0 Å². The standard InChI is InChI=1S/C27H29Cl2N3O6S/c1-18(27(34)30-2)31(16-19-7-5-6-8-23(19)29)26(33)17-32(21-11-9-20(28)10-12-21)39(35,36)22-13-14-24(37-3)25(15-22)38-4/h5-15,18H,16-17H2,1-4H3,(H,30,34)/t18-/m1/s1. The van der Waals surface area contributed by atoms with Crippen LogP contribution in [0.5, 0.6) is 11.5 Å². The number of nitrogens with zero attached hydrogens (tertiary/aromatic N) is 2. The van der Waals surface area contributed by atoms with Gasteiger partial charge in [0, 0.05) is 29.7 Å². The molecule has 0 aliphatic heterocycles. The lowest BCUT2D eigenvalue weighted by atomic mass is 10.1. The number of sulfonamides is 1. The summed E-state index contributed by atoms with van der Waals surface area (Å²) in [6.45, 7) is 0.936. The molecule has 9 nitrogen and oxygen atoms in total. The van der Waals surface area contributed by atoms with Crippen molar-refractivity contribution in [3.63, 3.8) is 0 Å². The molecule has 0 aliphatic rings. The Hall–Kier alpha value is -3.47. The molecule has 0 bridgehead atoms. The maximum Gasteiger partial charge on any atom is 0.264 e. The molecule has 0 aromatic heterocycles. The Bertz CT molecular complexity index is 1430. The smallest absolute Gasteiger partial charge is 0.264 e. The zero-order chi connectivity index (χ0) is 28.7. The van der Waals surface area contributed by atoms with Crippen molar-refractivity contribution >= 4 is 50.7 Å². The van der Waals surface area contributed by atoms with Gasteiger partial charge in [0.25, 0.3) is 10.0 Å². The van der Waals surface area contributed by atoms with E-state index in [0.29, 0.717) is 21.4 Å². The van der Waals surface area contributed by atoms with Crippen LogP contribution in [0, 0.1) is 0 Å². The highest BCUT2D eigenvalue weighted by atomic mass is 35.5. The van der Waals surface area contributed by atoms with Gasteiger partial charge in [-0.1, -0.05) is 41.4 Å². The molecule has 1 N–H and O–H groups in total. The molecular weight excluding hydrogens is 565 g/mol. The molecule has 3 rings (SSSR count). The third-order valence-electron chi connectivity index (χ3n) is 6.05. The molecule has 1 atom stereocenters. The minimum Gasteiger partial charge on any atom is -0.493 e. The second-order valence-corrected chi connectivity index (χ2v) is 11.1. The van der Waals surface area contributed by atoms with Crippen molar-refractivity contribution in [1.29, 1.82) is 0 Å². The molecule has 0 aliphatic carbocycles. The van der Waals surface area contributed by atoms with E-state index in [1.165, 1.54) is 68.6 Å². The van der Waals surface area contributed by atoms with Crippen molar-refractivity contribution in [2.45, 2.75) is 24.4 Å². The van der Waals surface area contributed by atoms with Crippen molar-refractivity contribution in [3.05, 3.63) is 82.3 Å². The van der Waals surface area contributed by atoms with E-state index in [0.717, 1.165) is 4.31 Å². The van der Waals surface area contributed by atoms with Crippen molar-refractivity contribution in [1.82, 2.24) is 10.2 Å². The van der Waals surface area contributed by atoms with E-state index in [-0.39, 0.29) is 22.9 Å². The van der Waals surface area contributed by atoms with E-state index < -0.39 is 34.4 Å². The zero-order valence-electron chi connectivity index (χ0n) is 21.9. The summed E-state index contributed by atoms with van der Waals surface area (Å²) < 4.78 is 39.4. The van der Waals surface area contributed by atoms with Gasteiger partial charge >= 0.3 is 0 Å². The van der Waals surface area contributed by atoms with Crippen LogP contribution in [0.15, 0.2) is 71.6 Å². The number of nitrogens with one attached hydrogen (secondary N) is 1. The molecule has 208 valence electrons. The van der Waals surface area contributed by atoms with Crippen LogP contribution in [0.1, 0.15) is 12.5 Å². The van der Waals surface area contributed by atoms with Crippen LogP contribution in [0.4, 0.5) is 5.69 Å². The molecule has 0 heterocycles. The molecule has 12 heteroatoms. The number of benzene rings is 3. The quantitative estimate of drug-likeness (QED) is 0.354. The third-order valence-corrected chi connectivity index (χ3v) is 8.44. The number of carbonyl (C=O) groups is 2. The first-order chi connectivity index (χ1) is 18.5. The maximum atomic E-state index is 13.9. The average molecular weight is 595 g/mol. The second-order valence-electron chi connectivity index (χ2n) is 8.41. The molecule has 0 radical (unpaired) electrons. The molecule has 3 aromatic carbocycles. The number of rotatable bonds is 11. The monoisotopic (exact) mass is 593 g/mol. The highest BCUT2D eigenvalue weighted by Gasteiger charge is 2.33. The number of carbonyl (C=O) groups excluding carboxylic acids is 2. The lowest BCUT2D eigenvalue weighted by Crippen LogP contribution is -2.50. The van der Waals surface area contributed by atoms with Crippen molar-refractivity contribution in [3.8, 4) is 11.5 Å². The number of anilines is 1. The van der Waals surface area contributed by atoms with E-state index in [1.54, 1.807) is 31.2 Å². The Morgan fingerprint density at radius 2 is 1.59 bits per heavy atom. The van der Waals surface area contributed by atoms with E-state index in [4.69, 9.17) is 32.7 Å². The summed E-state index contributed by atoms with van der Waals surface area (Å²) in [4.78, 5) is 27.5. The van der Waals surface area contributed by atoms with Crippen LogP contribution < -0.4 is 19.1 Å². The summed E-state index contributed by atoms with van der Waals surface area (Å²) in [5.41, 5.74) is 0.803. The van der Waals surface area contributed by atoms with Gasteiger partial charge in [-0.3, -0.25) is 13.9 Å². The highest BCUT2D eigenvalue weighted by molar-refractivity contribution is 7.92. The van der Waals surface area contributed by atoms with E-state index in [1.807, 2.05) is 0 Å². The van der Waals surface area contributed by atoms with Gasteiger partial charge in [-0.15, -0.1) is 0 Å². The van der Waals surface area contributed by atoms with Crippen LogP contribution in [0.2, 0.25) is 10.0 Å². The fourth-order valence-corrected chi connectivity index (χ4v) is 5.59. The second kappa shape index (κ2) is 13.1. The molecule has 0 fully saturated rings. The van der Waals surface area contributed by atoms with Crippen LogP contribution in [-0.2, 0) is 26.2 Å². The average Bonchev–Trinajstić information content (AvgIpc) is 2.94. The maximum absolute atomic E-state index is 13.9. The Kier molecular flexibility index (Phi) is 10.1. The minimum atomic E-state index is -4.31. The normalized spacial score (nSPS) is 11.8. The molecule has 2 amide bonds.